The van der Waals surface area contributed by atoms with E-state index in [1.807, 2.05) is 56.1 Å². The summed E-state index contributed by atoms with van der Waals surface area (Å²) < 4.78 is 68.0. The van der Waals surface area contributed by atoms with Crippen LogP contribution in [0.3, 0.4) is 0 Å². The zero-order valence-corrected chi connectivity index (χ0v) is 38.8. The Bertz CT molecular complexity index is 2870. The molecule has 6 aromatic rings. The summed E-state index contributed by atoms with van der Waals surface area (Å²) in [6, 6.07) is 17.3. The normalized spacial score (nSPS) is 15.8. The van der Waals surface area contributed by atoms with Gasteiger partial charge in [-0.3, -0.25) is 0 Å². The van der Waals surface area contributed by atoms with Gasteiger partial charge in [0.1, 0.15) is 5.69 Å². The fourth-order valence-electron chi connectivity index (χ4n) is 6.68. The molecule has 0 fully saturated rings. The number of halogens is 5. The fourth-order valence-corrected chi connectivity index (χ4v) is 9.59. The van der Waals surface area contributed by atoms with Gasteiger partial charge in [-0.1, -0.05) is 62.0 Å². The van der Waals surface area contributed by atoms with Crippen LogP contribution in [0.15, 0.2) is 85.6 Å². The van der Waals surface area contributed by atoms with Crippen molar-refractivity contribution in [2.45, 2.75) is 63.5 Å². The van der Waals surface area contributed by atoms with Gasteiger partial charge in [-0.05, 0) is 113 Å². The first-order chi connectivity index (χ1) is 28.0. The molecule has 0 unspecified atom stereocenters. The largest absolute Gasteiger partial charge is 0.568 e. The number of fused-ring (bicyclic) bond motifs is 4. The fraction of sp³-hybridized carbons (Fsp3) is 0.308. The average Bonchev–Trinajstić information content (AvgIpc) is 3.82. The molecule has 2 aliphatic heterocycles. The van der Waals surface area contributed by atoms with E-state index in [0.717, 1.165) is 49.0 Å². The maximum atomic E-state index is 13.0. The van der Waals surface area contributed by atoms with Gasteiger partial charge in [-0.2, -0.15) is 13.2 Å². The molecule has 2 aliphatic rings. The molecule has 22 heteroatoms. The number of nitrogens with zero attached hydrogens (tertiary/aromatic N) is 9. The maximum absolute atomic E-state index is 13.0. The van der Waals surface area contributed by atoms with E-state index in [9.17, 15) is 31.5 Å². The SMILES string of the molecule is CN1c2cc(C(=O)O)c(N=Nc3nc4ccc(Cl)cc4s3)cc2CCC1(C)C.CN1c2cc([N-]S(=O)(=O)C(F)(F)F)c(N=Nc3nc4ccc(Br)cc4s3)cc2CC1(C)C.[Ni]. The summed E-state index contributed by atoms with van der Waals surface area (Å²) in [5.74, 6) is -1.02. The van der Waals surface area contributed by atoms with Gasteiger partial charge in [0.25, 0.3) is 0 Å². The number of carboxylic acid groups (broad SMARTS) is 1. The summed E-state index contributed by atoms with van der Waals surface area (Å²) in [6.45, 7) is 8.25. The molecule has 1 N–H and O–H groups in total. The molecule has 324 valence electrons. The predicted molar refractivity (Wildman–Crippen MR) is 235 cm³/mol. The van der Waals surface area contributed by atoms with E-state index in [0.29, 0.717) is 33.5 Å². The second-order valence-electron chi connectivity index (χ2n) is 15.3. The smallest absolute Gasteiger partial charge is 0.483 e. The standard InChI is InChI=1S/C20H19ClN4O2S.C19H16BrF3N5O2S2.Ni/c1-20(2)7-6-11-8-15(13(18(26)27)10-16(11)25(20)3)23-24-19-22-14-5-4-12(21)9-17(14)28-19;1-18(2)9-10-6-13(25-26-17-24-12-5-4-11(20)7-16(12)31-17)14(8-15(10)28(18)3)27-32(29,30)19(21,22)23;/h4-5,8-10H,6-7H2,1-3H3,(H,26,27);4-8H,9H2,1-3H3;/q;-1;. The Morgan fingerprint density at radius 1 is 0.836 bits per heavy atom. The van der Waals surface area contributed by atoms with Gasteiger partial charge in [-0.25, -0.2) is 23.2 Å². The minimum atomic E-state index is -5.76. The van der Waals surface area contributed by atoms with E-state index in [1.54, 1.807) is 25.2 Å². The molecule has 13 nitrogen and oxygen atoms in total. The first kappa shape index (κ1) is 46.2. The number of carboxylic acids is 1. The second-order valence-corrected chi connectivity index (χ2v) is 20.3. The number of thiazole rings is 2. The van der Waals surface area contributed by atoms with E-state index in [2.05, 4.69) is 69.8 Å². The number of aromatic carboxylic acids is 1. The molecule has 0 saturated heterocycles. The molecule has 0 saturated carbocycles. The summed E-state index contributed by atoms with van der Waals surface area (Å²) in [4.78, 5) is 24.5. The number of hydrogen-bond acceptors (Lipinski definition) is 13. The Hall–Kier alpha value is -4.27. The average molecular weight is 1020 g/mol. The molecular formula is C39H35BrClF3N9NiO4S3-. The van der Waals surface area contributed by atoms with Crippen molar-refractivity contribution in [1.82, 2.24) is 9.97 Å². The Balaban J connectivity index is 0.000000202. The second kappa shape index (κ2) is 17.1. The molecular weight excluding hydrogens is 986 g/mol. The number of azo groups is 2. The number of likely N-dealkylation sites (N-methyl/N-ethyl adjacent to an activating group) is 1. The van der Waals surface area contributed by atoms with Crippen LogP contribution in [-0.2, 0) is 39.4 Å². The Kier molecular flexibility index (Phi) is 13.0. The topological polar surface area (TPSA) is 167 Å². The zero-order valence-electron chi connectivity index (χ0n) is 33.0. The van der Waals surface area contributed by atoms with Crippen LogP contribution in [0, 0.1) is 0 Å². The van der Waals surface area contributed by atoms with Gasteiger partial charge < -0.3 is 19.6 Å². The van der Waals surface area contributed by atoms with Crippen LogP contribution in [0.2, 0.25) is 5.02 Å². The van der Waals surface area contributed by atoms with Crippen molar-refractivity contribution in [1.29, 1.82) is 0 Å². The minimum Gasteiger partial charge on any atom is -0.568 e. The maximum Gasteiger partial charge on any atom is 0.483 e. The monoisotopic (exact) mass is 1020 g/mol. The number of sulfonamides is 1. The molecule has 0 aliphatic carbocycles. The number of aryl methyl sites for hydroxylation is 1. The molecule has 0 atom stereocenters. The van der Waals surface area contributed by atoms with Crippen molar-refractivity contribution in [3.05, 3.63) is 91.6 Å². The minimum absolute atomic E-state index is 0. The van der Waals surface area contributed by atoms with Gasteiger partial charge in [-0.15, -0.1) is 20.5 Å². The summed E-state index contributed by atoms with van der Waals surface area (Å²) in [5.41, 5.74) is -0.991. The first-order valence-electron chi connectivity index (χ1n) is 18.1. The molecule has 2 aromatic heterocycles. The summed E-state index contributed by atoms with van der Waals surface area (Å²) in [6.07, 6.45) is 2.45. The molecule has 0 radical (unpaired) electrons. The van der Waals surface area contributed by atoms with Crippen LogP contribution in [0.4, 0.5) is 51.9 Å². The number of carbonyl (C=O) groups is 1. The van der Waals surface area contributed by atoms with Crippen LogP contribution in [0.1, 0.15) is 55.6 Å². The number of alkyl halides is 3. The third-order valence-electron chi connectivity index (χ3n) is 10.4. The van der Waals surface area contributed by atoms with Gasteiger partial charge in [0, 0.05) is 62.5 Å². The molecule has 0 bridgehead atoms. The summed E-state index contributed by atoms with van der Waals surface area (Å²) in [5, 5.41) is 27.5. The predicted octanol–water partition coefficient (Wildman–Crippen LogP) is 13.3. The number of hydrogen-bond donors (Lipinski definition) is 1. The van der Waals surface area contributed by atoms with Crippen LogP contribution in [-0.4, -0.2) is 60.1 Å². The zero-order chi connectivity index (χ0) is 43.5. The van der Waals surface area contributed by atoms with Crippen molar-refractivity contribution < 1.29 is 48.0 Å². The third-order valence-corrected chi connectivity index (χ3v) is 14.0. The molecule has 61 heavy (non-hydrogen) atoms. The van der Waals surface area contributed by atoms with Gasteiger partial charge >= 0.3 is 11.5 Å². The number of benzene rings is 4. The van der Waals surface area contributed by atoms with Gasteiger partial charge in [0.15, 0.2) is 10.0 Å². The van der Waals surface area contributed by atoms with Crippen LogP contribution >= 0.6 is 50.2 Å². The Morgan fingerprint density at radius 2 is 1.39 bits per heavy atom. The van der Waals surface area contributed by atoms with Crippen molar-refractivity contribution in [3.8, 4) is 0 Å². The van der Waals surface area contributed by atoms with Crippen molar-refractivity contribution in [2.75, 3.05) is 23.9 Å². The van der Waals surface area contributed by atoms with E-state index >= 15 is 0 Å². The third kappa shape index (κ3) is 9.71. The van der Waals surface area contributed by atoms with Crippen LogP contribution in [0.25, 0.3) is 25.2 Å². The summed E-state index contributed by atoms with van der Waals surface area (Å²) >= 11 is 12.0. The van der Waals surface area contributed by atoms with E-state index in [4.69, 9.17) is 11.6 Å². The molecule has 0 amide bonds. The van der Waals surface area contributed by atoms with E-state index in [-0.39, 0.29) is 44.0 Å². The van der Waals surface area contributed by atoms with Crippen molar-refractivity contribution in [2.24, 2.45) is 20.5 Å². The molecule has 8 rings (SSSR count). The van der Waals surface area contributed by atoms with Gasteiger partial charge in [0.2, 0.25) is 10.3 Å². The first-order valence-corrected chi connectivity index (χ1v) is 22.3. The molecule has 4 heterocycles. The summed E-state index contributed by atoms with van der Waals surface area (Å²) in [7, 11) is -1.98. The number of rotatable bonds is 7. The number of aromatic nitrogens is 2. The van der Waals surface area contributed by atoms with Crippen molar-refractivity contribution in [3.63, 3.8) is 0 Å². The van der Waals surface area contributed by atoms with E-state index in [1.165, 1.54) is 34.8 Å². The van der Waals surface area contributed by atoms with Crippen molar-refractivity contribution >= 4 is 125 Å². The van der Waals surface area contributed by atoms with Crippen LogP contribution < -0.4 is 9.80 Å². The van der Waals surface area contributed by atoms with Crippen LogP contribution in [0.5, 0.6) is 0 Å². The molecule has 0 spiro atoms. The quantitative estimate of drug-likeness (QED) is 0.122. The van der Waals surface area contributed by atoms with Gasteiger partial charge in [0.05, 0.1) is 31.7 Å². The molecule has 4 aromatic carbocycles. The Morgan fingerprint density at radius 3 is 2.02 bits per heavy atom. The Labute approximate surface area is 380 Å². The van der Waals surface area contributed by atoms with E-state index < -0.39 is 27.2 Å². The number of anilines is 2.